The van der Waals surface area contributed by atoms with Crippen LogP contribution in [-0.4, -0.2) is 60.1 Å². The van der Waals surface area contributed by atoms with Gasteiger partial charge in [-0.15, -0.1) is 0 Å². The van der Waals surface area contributed by atoms with Crippen molar-refractivity contribution in [3.63, 3.8) is 0 Å². The van der Waals surface area contributed by atoms with Crippen molar-refractivity contribution in [3.05, 3.63) is 18.7 Å². The van der Waals surface area contributed by atoms with E-state index in [2.05, 4.69) is 24.8 Å². The molecule has 0 saturated carbocycles. The summed E-state index contributed by atoms with van der Waals surface area (Å²) >= 11 is 1.72. The molecule has 4 rings (SSSR count). The van der Waals surface area contributed by atoms with Gasteiger partial charge in [0.25, 0.3) is 0 Å². The van der Waals surface area contributed by atoms with Crippen molar-refractivity contribution in [1.29, 1.82) is 0 Å². The van der Waals surface area contributed by atoms with Crippen LogP contribution in [0.2, 0.25) is 0 Å². The number of nitrogens with zero attached hydrogens (tertiary/aromatic N) is 4. The van der Waals surface area contributed by atoms with Crippen molar-refractivity contribution in [3.8, 4) is 10.6 Å². The van der Waals surface area contributed by atoms with Gasteiger partial charge in [-0.3, -0.25) is 0 Å². The van der Waals surface area contributed by atoms with Gasteiger partial charge in [0.15, 0.2) is 15.0 Å². The molecule has 9 heteroatoms. The van der Waals surface area contributed by atoms with Gasteiger partial charge in [0, 0.05) is 38.4 Å². The standard InChI is InChI=1S/C17H25N5O2S2/c23-26(24)9-4-14(12-26)19-5-8-22-13-18-10-15(22)16-11-20-17(25-16)21-6-2-1-3-7-21/h10-11,13-14,19H,1-9,12H2/t14-/m0/s1. The Hall–Kier alpha value is -1.45. The van der Waals surface area contributed by atoms with Crippen LogP contribution in [0.5, 0.6) is 0 Å². The normalized spacial score (nSPS) is 22.8. The van der Waals surface area contributed by atoms with Gasteiger partial charge in [0.1, 0.15) is 0 Å². The molecule has 142 valence electrons. The zero-order chi connectivity index (χ0) is 18.0. The topological polar surface area (TPSA) is 80.1 Å². The summed E-state index contributed by atoms with van der Waals surface area (Å²) in [7, 11) is -2.83. The van der Waals surface area contributed by atoms with Gasteiger partial charge in [0.2, 0.25) is 0 Å². The molecule has 4 heterocycles. The Morgan fingerprint density at radius 1 is 1.23 bits per heavy atom. The van der Waals surface area contributed by atoms with Crippen LogP contribution in [0.25, 0.3) is 10.6 Å². The largest absolute Gasteiger partial charge is 0.348 e. The number of hydrogen-bond donors (Lipinski definition) is 1. The summed E-state index contributed by atoms with van der Waals surface area (Å²) in [5.41, 5.74) is 1.08. The van der Waals surface area contributed by atoms with Gasteiger partial charge in [-0.2, -0.15) is 0 Å². The summed E-state index contributed by atoms with van der Waals surface area (Å²) in [6.07, 6.45) is 10.2. The molecule has 0 aromatic carbocycles. The smallest absolute Gasteiger partial charge is 0.185 e. The Kier molecular flexibility index (Phi) is 5.28. The molecule has 0 unspecified atom stereocenters. The highest BCUT2D eigenvalue weighted by Crippen LogP contribution is 2.32. The van der Waals surface area contributed by atoms with Crippen LogP contribution in [0.15, 0.2) is 18.7 Å². The van der Waals surface area contributed by atoms with E-state index >= 15 is 0 Å². The molecule has 7 nitrogen and oxygen atoms in total. The van der Waals surface area contributed by atoms with E-state index in [9.17, 15) is 8.42 Å². The van der Waals surface area contributed by atoms with Crippen LogP contribution < -0.4 is 10.2 Å². The van der Waals surface area contributed by atoms with Crippen molar-refractivity contribution >= 4 is 26.3 Å². The first-order valence-corrected chi connectivity index (χ1v) is 11.9. The first kappa shape index (κ1) is 17.9. The number of anilines is 1. The first-order valence-electron chi connectivity index (χ1n) is 9.26. The molecular formula is C17H25N5O2S2. The van der Waals surface area contributed by atoms with Crippen molar-refractivity contribution in [2.75, 3.05) is 36.0 Å². The third-order valence-electron chi connectivity index (χ3n) is 5.10. The summed E-state index contributed by atoms with van der Waals surface area (Å²) in [6.45, 7) is 3.70. The zero-order valence-electron chi connectivity index (χ0n) is 14.8. The number of hydrogen-bond acceptors (Lipinski definition) is 7. The van der Waals surface area contributed by atoms with Crippen LogP contribution in [0.4, 0.5) is 5.13 Å². The maximum absolute atomic E-state index is 11.5. The average Bonchev–Trinajstić information content (AvgIpc) is 3.35. The number of sulfone groups is 1. The van der Waals surface area contributed by atoms with Crippen molar-refractivity contribution < 1.29 is 8.42 Å². The Labute approximate surface area is 158 Å². The third kappa shape index (κ3) is 4.10. The number of thiazole rings is 1. The minimum absolute atomic E-state index is 0.0843. The first-order chi connectivity index (χ1) is 12.6. The second-order valence-corrected chi connectivity index (χ2v) is 10.3. The van der Waals surface area contributed by atoms with Gasteiger partial charge in [0.05, 0.1) is 34.6 Å². The number of piperidine rings is 1. The van der Waals surface area contributed by atoms with Crippen molar-refractivity contribution in [1.82, 2.24) is 19.9 Å². The number of nitrogens with one attached hydrogen (secondary N) is 1. The minimum atomic E-state index is -2.83. The number of aromatic nitrogens is 3. The number of imidazole rings is 1. The molecule has 1 atom stereocenters. The lowest BCUT2D eigenvalue weighted by Crippen LogP contribution is -2.32. The van der Waals surface area contributed by atoms with Crippen LogP contribution in [0, 0.1) is 0 Å². The van der Waals surface area contributed by atoms with Gasteiger partial charge in [-0.05, 0) is 25.7 Å². The minimum Gasteiger partial charge on any atom is -0.348 e. The monoisotopic (exact) mass is 395 g/mol. The highest BCUT2D eigenvalue weighted by atomic mass is 32.2. The van der Waals surface area contributed by atoms with E-state index in [1.807, 2.05) is 18.7 Å². The van der Waals surface area contributed by atoms with Crippen LogP contribution >= 0.6 is 11.3 Å². The van der Waals surface area contributed by atoms with E-state index in [4.69, 9.17) is 0 Å². The molecule has 1 N–H and O–H groups in total. The molecule has 0 radical (unpaired) electrons. The summed E-state index contributed by atoms with van der Waals surface area (Å²) in [5, 5.41) is 4.46. The molecule has 2 saturated heterocycles. The molecule has 0 amide bonds. The second-order valence-electron chi connectivity index (χ2n) is 7.08. The van der Waals surface area contributed by atoms with Gasteiger partial charge >= 0.3 is 0 Å². The fourth-order valence-electron chi connectivity index (χ4n) is 3.66. The van der Waals surface area contributed by atoms with Crippen molar-refractivity contribution in [2.24, 2.45) is 0 Å². The molecule has 0 spiro atoms. The fraction of sp³-hybridized carbons (Fsp3) is 0.647. The van der Waals surface area contributed by atoms with E-state index in [-0.39, 0.29) is 11.8 Å². The molecule has 2 aliphatic heterocycles. The highest BCUT2D eigenvalue weighted by molar-refractivity contribution is 7.91. The molecule has 26 heavy (non-hydrogen) atoms. The third-order valence-corrected chi connectivity index (χ3v) is 7.95. The molecule has 2 fully saturated rings. The quantitative estimate of drug-likeness (QED) is 0.803. The Morgan fingerprint density at radius 2 is 2.08 bits per heavy atom. The van der Waals surface area contributed by atoms with Crippen LogP contribution in [0.3, 0.4) is 0 Å². The predicted molar refractivity (Wildman–Crippen MR) is 104 cm³/mol. The second kappa shape index (κ2) is 7.66. The molecule has 0 bridgehead atoms. The van der Waals surface area contributed by atoms with E-state index in [1.54, 1.807) is 11.3 Å². The summed E-state index contributed by atoms with van der Waals surface area (Å²) in [6, 6.07) is 0.0843. The van der Waals surface area contributed by atoms with E-state index in [0.29, 0.717) is 12.2 Å². The lowest BCUT2D eigenvalue weighted by molar-refractivity contribution is 0.521. The Balaban J connectivity index is 1.37. The van der Waals surface area contributed by atoms with E-state index < -0.39 is 9.84 Å². The van der Waals surface area contributed by atoms with Crippen molar-refractivity contribution in [2.45, 2.75) is 38.3 Å². The lowest BCUT2D eigenvalue weighted by Gasteiger charge is -2.25. The molecular weight excluding hydrogens is 370 g/mol. The SMILES string of the molecule is O=S1(=O)CC[C@H](NCCn2cncc2-c2cnc(N3CCCCC3)s2)C1. The average molecular weight is 396 g/mol. The predicted octanol–water partition coefficient (Wildman–Crippen LogP) is 1.77. The number of rotatable bonds is 6. The maximum Gasteiger partial charge on any atom is 0.185 e. The molecule has 2 aromatic rings. The highest BCUT2D eigenvalue weighted by Gasteiger charge is 2.27. The van der Waals surface area contributed by atoms with Gasteiger partial charge < -0.3 is 14.8 Å². The molecule has 0 aliphatic carbocycles. The van der Waals surface area contributed by atoms with Gasteiger partial charge in [-0.1, -0.05) is 11.3 Å². The van der Waals surface area contributed by atoms with E-state index in [0.717, 1.165) is 41.9 Å². The Bertz CT molecular complexity index is 839. The van der Waals surface area contributed by atoms with E-state index in [1.165, 1.54) is 19.3 Å². The summed E-state index contributed by atoms with van der Waals surface area (Å²) in [5.74, 6) is 0.568. The van der Waals surface area contributed by atoms with Gasteiger partial charge in [-0.25, -0.2) is 18.4 Å². The van der Waals surface area contributed by atoms with Crippen LogP contribution in [-0.2, 0) is 16.4 Å². The molecule has 2 aliphatic rings. The fourth-order valence-corrected chi connectivity index (χ4v) is 6.37. The summed E-state index contributed by atoms with van der Waals surface area (Å²) < 4.78 is 25.2. The Morgan fingerprint density at radius 3 is 2.85 bits per heavy atom. The maximum atomic E-state index is 11.5. The summed E-state index contributed by atoms with van der Waals surface area (Å²) in [4.78, 5) is 12.4. The lowest BCUT2D eigenvalue weighted by atomic mass is 10.1. The van der Waals surface area contributed by atoms with Crippen LogP contribution in [0.1, 0.15) is 25.7 Å². The molecule has 2 aromatic heterocycles. The zero-order valence-corrected chi connectivity index (χ0v) is 16.4.